The zero-order valence-corrected chi connectivity index (χ0v) is 12.0. The number of benzene rings is 1. The van der Waals surface area contributed by atoms with Crippen LogP contribution < -0.4 is 10.1 Å². The van der Waals surface area contributed by atoms with Crippen LogP contribution in [-0.2, 0) is 9.53 Å². The Bertz CT molecular complexity index is 531. The van der Waals surface area contributed by atoms with Gasteiger partial charge in [-0.05, 0) is 24.1 Å². The molecule has 1 fully saturated rings. The van der Waals surface area contributed by atoms with Crippen molar-refractivity contribution in [2.75, 3.05) is 14.2 Å². The minimum absolute atomic E-state index is 0.0368. The summed E-state index contributed by atoms with van der Waals surface area (Å²) < 4.78 is 9.75. The molecular formula is C15H19NO5. The van der Waals surface area contributed by atoms with Crippen LogP contribution in [0, 0.1) is 0 Å². The first-order valence-electron chi connectivity index (χ1n) is 6.74. The maximum atomic E-state index is 12.1. The van der Waals surface area contributed by atoms with Crippen LogP contribution in [0.2, 0.25) is 0 Å². The summed E-state index contributed by atoms with van der Waals surface area (Å²) in [5, 5.41) is 12.4. The van der Waals surface area contributed by atoms with Gasteiger partial charge < -0.3 is 19.9 Å². The lowest BCUT2D eigenvalue weighted by molar-refractivity contribution is -0.126. The first-order valence-corrected chi connectivity index (χ1v) is 6.74. The van der Waals surface area contributed by atoms with Gasteiger partial charge in [0.15, 0.2) is 5.78 Å². The minimum Gasteiger partial charge on any atom is -0.497 e. The van der Waals surface area contributed by atoms with Crippen molar-refractivity contribution in [2.45, 2.75) is 30.9 Å². The lowest BCUT2D eigenvalue weighted by Crippen LogP contribution is -2.49. The van der Waals surface area contributed by atoms with Crippen molar-refractivity contribution in [3.8, 4) is 5.75 Å². The van der Waals surface area contributed by atoms with Gasteiger partial charge in [0, 0.05) is 12.3 Å². The monoisotopic (exact) mass is 293 g/mol. The second kappa shape index (κ2) is 6.58. The van der Waals surface area contributed by atoms with Crippen molar-refractivity contribution in [1.82, 2.24) is 5.32 Å². The summed E-state index contributed by atoms with van der Waals surface area (Å²) in [5.41, 5.74) is 0.836. The highest BCUT2D eigenvalue weighted by molar-refractivity contribution is 5.89. The van der Waals surface area contributed by atoms with Gasteiger partial charge in [0.1, 0.15) is 5.75 Å². The molecule has 0 unspecified atom stereocenters. The molecular weight excluding hydrogens is 274 g/mol. The van der Waals surface area contributed by atoms with Crippen molar-refractivity contribution in [3.63, 3.8) is 0 Å². The standard InChI is InChI=1S/C15H19NO5/c1-20-11-5-3-4-9(6-11)12-7-10(17)8-13(18)14(12)16-15(19)21-2/h3-6,10,12,14,17H,7-8H2,1-2H3,(H,16,19)/t10-,12+,14+/m1/s1. The third-order valence-electron chi connectivity index (χ3n) is 3.69. The van der Waals surface area contributed by atoms with E-state index in [0.29, 0.717) is 12.2 Å². The van der Waals surface area contributed by atoms with E-state index in [1.807, 2.05) is 18.2 Å². The highest BCUT2D eigenvalue weighted by Crippen LogP contribution is 2.33. The summed E-state index contributed by atoms with van der Waals surface area (Å²) in [4.78, 5) is 23.6. The Labute approximate surface area is 123 Å². The second-order valence-electron chi connectivity index (χ2n) is 5.06. The van der Waals surface area contributed by atoms with Crippen molar-refractivity contribution in [3.05, 3.63) is 29.8 Å². The molecule has 1 aromatic carbocycles. The first kappa shape index (κ1) is 15.3. The number of carbonyl (C=O) groups is 2. The molecule has 1 amide bonds. The SMILES string of the molecule is COC(=O)N[C@@H]1C(=O)C[C@H](O)C[C@H]1c1cccc(OC)c1. The van der Waals surface area contributed by atoms with E-state index in [4.69, 9.17) is 4.74 Å². The lowest BCUT2D eigenvalue weighted by Gasteiger charge is -2.33. The number of nitrogens with one attached hydrogen (secondary N) is 1. The molecule has 21 heavy (non-hydrogen) atoms. The molecule has 0 aromatic heterocycles. The second-order valence-corrected chi connectivity index (χ2v) is 5.06. The summed E-state index contributed by atoms with van der Waals surface area (Å²) in [6, 6.07) is 6.57. The van der Waals surface area contributed by atoms with E-state index >= 15 is 0 Å². The third kappa shape index (κ3) is 3.52. The molecule has 0 saturated heterocycles. The molecule has 2 rings (SSSR count). The molecule has 3 atom stereocenters. The lowest BCUT2D eigenvalue weighted by atomic mass is 9.78. The molecule has 2 N–H and O–H groups in total. The Morgan fingerprint density at radius 2 is 2.14 bits per heavy atom. The molecule has 1 saturated carbocycles. The Morgan fingerprint density at radius 3 is 2.81 bits per heavy atom. The van der Waals surface area contributed by atoms with Crippen LogP contribution in [0.3, 0.4) is 0 Å². The number of aliphatic hydroxyl groups is 1. The van der Waals surface area contributed by atoms with Gasteiger partial charge in [-0.15, -0.1) is 0 Å². The zero-order valence-electron chi connectivity index (χ0n) is 12.0. The van der Waals surface area contributed by atoms with E-state index < -0.39 is 18.2 Å². The van der Waals surface area contributed by atoms with Crippen LogP contribution >= 0.6 is 0 Å². The molecule has 1 aliphatic carbocycles. The van der Waals surface area contributed by atoms with Crippen LogP contribution in [0.1, 0.15) is 24.3 Å². The van der Waals surface area contributed by atoms with Crippen molar-refractivity contribution < 1.29 is 24.2 Å². The van der Waals surface area contributed by atoms with Crippen LogP contribution in [0.4, 0.5) is 4.79 Å². The Balaban J connectivity index is 2.30. The van der Waals surface area contributed by atoms with Crippen molar-refractivity contribution in [2.24, 2.45) is 0 Å². The van der Waals surface area contributed by atoms with Crippen molar-refractivity contribution in [1.29, 1.82) is 0 Å². The summed E-state index contributed by atoms with van der Waals surface area (Å²) in [6.45, 7) is 0. The number of carbonyl (C=O) groups excluding carboxylic acids is 2. The molecule has 0 aliphatic heterocycles. The minimum atomic E-state index is -0.704. The predicted octanol–water partition coefficient (Wildman–Crippen LogP) is 1.23. The first-order chi connectivity index (χ1) is 10.0. The number of rotatable bonds is 3. The van der Waals surface area contributed by atoms with Gasteiger partial charge in [-0.2, -0.15) is 0 Å². The maximum absolute atomic E-state index is 12.1. The molecule has 0 heterocycles. The smallest absolute Gasteiger partial charge is 0.407 e. The number of alkyl carbamates (subject to hydrolysis) is 1. The predicted molar refractivity (Wildman–Crippen MR) is 75.3 cm³/mol. The summed E-state index contributed by atoms with van der Waals surface area (Å²) >= 11 is 0. The summed E-state index contributed by atoms with van der Waals surface area (Å²) in [6.07, 6.45) is -0.926. The fourth-order valence-corrected chi connectivity index (χ4v) is 2.66. The topological polar surface area (TPSA) is 84.9 Å². The number of Topliss-reactive ketones (excluding diaryl/α,β-unsaturated/α-hetero) is 1. The number of hydrogen-bond donors (Lipinski definition) is 2. The van der Waals surface area contributed by atoms with E-state index in [2.05, 4.69) is 10.1 Å². The van der Waals surface area contributed by atoms with Crippen LogP contribution in [0.5, 0.6) is 5.75 Å². The number of ketones is 1. The van der Waals surface area contributed by atoms with Gasteiger partial charge in [0.05, 0.1) is 26.4 Å². The number of ether oxygens (including phenoxy) is 2. The average molecular weight is 293 g/mol. The molecule has 6 nitrogen and oxygen atoms in total. The Kier molecular flexibility index (Phi) is 4.80. The quantitative estimate of drug-likeness (QED) is 0.875. The molecule has 1 aliphatic rings. The zero-order chi connectivity index (χ0) is 15.4. The molecule has 0 radical (unpaired) electrons. The molecule has 0 spiro atoms. The molecule has 0 bridgehead atoms. The van der Waals surface area contributed by atoms with E-state index in [-0.39, 0.29) is 18.1 Å². The largest absolute Gasteiger partial charge is 0.497 e. The number of amides is 1. The fourth-order valence-electron chi connectivity index (χ4n) is 2.66. The Hall–Kier alpha value is -2.08. The maximum Gasteiger partial charge on any atom is 0.407 e. The van der Waals surface area contributed by atoms with Gasteiger partial charge in [0.2, 0.25) is 0 Å². The Morgan fingerprint density at radius 1 is 1.38 bits per heavy atom. The normalized spacial score (nSPS) is 25.3. The van der Waals surface area contributed by atoms with E-state index in [1.165, 1.54) is 7.11 Å². The average Bonchev–Trinajstić information content (AvgIpc) is 2.49. The summed E-state index contributed by atoms with van der Waals surface area (Å²) in [5.74, 6) is 0.152. The molecule has 1 aromatic rings. The van der Waals surface area contributed by atoms with E-state index in [1.54, 1.807) is 13.2 Å². The van der Waals surface area contributed by atoms with Gasteiger partial charge in [-0.1, -0.05) is 12.1 Å². The summed E-state index contributed by atoms with van der Waals surface area (Å²) in [7, 11) is 2.81. The van der Waals surface area contributed by atoms with Crippen LogP contribution in [0.25, 0.3) is 0 Å². The van der Waals surface area contributed by atoms with Gasteiger partial charge >= 0.3 is 6.09 Å². The van der Waals surface area contributed by atoms with Crippen molar-refractivity contribution >= 4 is 11.9 Å². The third-order valence-corrected chi connectivity index (χ3v) is 3.69. The van der Waals surface area contributed by atoms with E-state index in [9.17, 15) is 14.7 Å². The number of methoxy groups -OCH3 is 2. The number of hydrogen-bond acceptors (Lipinski definition) is 5. The van der Waals surface area contributed by atoms with Gasteiger partial charge in [-0.3, -0.25) is 4.79 Å². The molecule has 114 valence electrons. The van der Waals surface area contributed by atoms with Crippen LogP contribution in [-0.4, -0.2) is 43.3 Å². The van der Waals surface area contributed by atoms with Crippen LogP contribution in [0.15, 0.2) is 24.3 Å². The van der Waals surface area contributed by atoms with E-state index in [0.717, 1.165) is 5.56 Å². The fraction of sp³-hybridized carbons (Fsp3) is 0.467. The van der Waals surface area contributed by atoms with Gasteiger partial charge in [-0.25, -0.2) is 4.79 Å². The highest BCUT2D eigenvalue weighted by atomic mass is 16.5. The molecule has 6 heteroatoms. The highest BCUT2D eigenvalue weighted by Gasteiger charge is 2.38. The van der Waals surface area contributed by atoms with Gasteiger partial charge in [0.25, 0.3) is 0 Å². The number of aliphatic hydroxyl groups excluding tert-OH is 1.